The van der Waals surface area contributed by atoms with Crippen LogP contribution in [0.3, 0.4) is 0 Å². The Morgan fingerprint density at radius 1 is 0.453 bits per heavy atom. The quantitative estimate of drug-likeness (QED) is 0.0461. The standard InChI is InChI=1S/C23H27N3O3.C21H21N3O3.C14H20O4.C9H9N3/c1-15-16(2)23(29-5)20(17(3)22(15)28-4)10-11-21(27)25-18-6-8-19(9-7-18)26-13-12-24-14-26;1-13-14(2)21(27)18(15(3)20(13)26)8-9-19(25)23-16-4-6-17(7-5-16)24-11-10-22-12-24;1-8-9(2)14(18-5)11(6-7-12(15)16)10(3)13(8)17-4;10-8-1-3-9(4-2-8)12-6-5-11-7-12/h6-9,12-14H,10-11H2,1-5H3,(H,25,27);4-7,10-12H,8-9H2,1-3H3,(H,23,25);6-7H2,1-5H3,(H,15,16);1-7H,10H2. The lowest BCUT2D eigenvalue weighted by atomic mass is 9.84. The second-order valence-electron chi connectivity index (χ2n) is 20.4. The number of carbonyl (C=O) groups is 5. The molecular formula is C67H77N9O10. The fourth-order valence-corrected chi connectivity index (χ4v) is 10.0. The smallest absolute Gasteiger partial charge is 0.303 e. The van der Waals surface area contributed by atoms with Crippen LogP contribution >= 0.6 is 0 Å². The Bertz CT molecular complexity index is 3720. The van der Waals surface area contributed by atoms with Gasteiger partial charge in [0.25, 0.3) is 0 Å². The van der Waals surface area contributed by atoms with Crippen molar-refractivity contribution in [3.63, 3.8) is 0 Å². The maximum absolute atomic E-state index is 12.5. The Balaban J connectivity index is 0.000000192. The summed E-state index contributed by atoms with van der Waals surface area (Å²) in [5, 5.41) is 14.6. The molecule has 0 radical (unpaired) electrons. The van der Waals surface area contributed by atoms with Crippen LogP contribution in [0.2, 0.25) is 0 Å². The van der Waals surface area contributed by atoms with Crippen LogP contribution < -0.4 is 35.3 Å². The molecule has 1 aliphatic rings. The average molecular weight is 1170 g/mol. The van der Waals surface area contributed by atoms with Gasteiger partial charge in [-0.05, 0) is 188 Å². The minimum atomic E-state index is -0.811. The van der Waals surface area contributed by atoms with Crippen molar-refractivity contribution in [3.8, 4) is 40.1 Å². The van der Waals surface area contributed by atoms with E-state index in [2.05, 4.69) is 25.6 Å². The predicted molar refractivity (Wildman–Crippen MR) is 334 cm³/mol. The van der Waals surface area contributed by atoms with Crippen LogP contribution in [0, 0.1) is 41.5 Å². The number of nitrogens with zero attached hydrogens (tertiary/aromatic N) is 6. The van der Waals surface area contributed by atoms with E-state index in [-0.39, 0.29) is 42.6 Å². The molecular weight excluding hydrogens is 1090 g/mol. The van der Waals surface area contributed by atoms with Crippen molar-refractivity contribution in [1.82, 2.24) is 28.7 Å². The molecule has 0 spiro atoms. The Hall–Kier alpha value is -10.0. The number of carbonyl (C=O) groups excluding carboxylic acids is 4. The number of amides is 2. The van der Waals surface area contributed by atoms with E-state index in [1.165, 1.54) is 0 Å². The number of imidazole rings is 3. The van der Waals surface area contributed by atoms with Crippen LogP contribution in [-0.4, -0.2) is 91.5 Å². The van der Waals surface area contributed by atoms with E-state index in [4.69, 9.17) is 29.8 Å². The summed E-state index contributed by atoms with van der Waals surface area (Å²) in [6.45, 7) is 16.9. The van der Waals surface area contributed by atoms with E-state index in [0.29, 0.717) is 47.2 Å². The third kappa shape index (κ3) is 16.2. The van der Waals surface area contributed by atoms with Crippen LogP contribution in [0.25, 0.3) is 17.1 Å². The number of hydrogen-bond acceptors (Lipinski definition) is 13. The number of hydrogen-bond donors (Lipinski definition) is 4. The SMILES string of the molecule is CC1=C(C)C(=O)C(CCC(=O)Nc2ccc(-n3ccnc3)cc2)=C(C)C1=O.COc1c(C)c(C)c(OC)c(CCC(=O)Nc2ccc(-n3ccnc3)cc2)c1C.COc1c(C)c(C)c(OC)c(CCC(=O)O)c1C.Nc1ccc(-n2ccnc2)cc1. The number of Topliss-reactive ketones (excluding diaryl/α,β-unsaturated/α-hetero) is 2. The van der Waals surface area contributed by atoms with Crippen molar-refractivity contribution in [2.24, 2.45) is 0 Å². The van der Waals surface area contributed by atoms with E-state index < -0.39 is 5.97 Å². The topological polar surface area (TPSA) is 246 Å². The molecule has 86 heavy (non-hydrogen) atoms. The van der Waals surface area contributed by atoms with E-state index in [0.717, 1.165) is 95.9 Å². The van der Waals surface area contributed by atoms with Gasteiger partial charge in [-0.2, -0.15) is 0 Å². The lowest BCUT2D eigenvalue weighted by Gasteiger charge is -2.20. The number of ether oxygens (including phenoxy) is 4. The minimum Gasteiger partial charge on any atom is -0.496 e. The van der Waals surface area contributed by atoms with Gasteiger partial charge in [-0.15, -0.1) is 0 Å². The average Bonchev–Trinajstić information content (AvgIpc) is 3.07. The van der Waals surface area contributed by atoms with Gasteiger partial charge < -0.3 is 54.1 Å². The molecule has 1 aliphatic carbocycles. The lowest BCUT2D eigenvalue weighted by Crippen LogP contribution is -2.22. The first-order chi connectivity index (χ1) is 41.1. The summed E-state index contributed by atoms with van der Waals surface area (Å²) in [5.74, 6) is 1.97. The Kier molecular flexibility index (Phi) is 23.1. The number of rotatable bonds is 18. The maximum atomic E-state index is 12.5. The Labute approximate surface area is 502 Å². The van der Waals surface area contributed by atoms with E-state index >= 15 is 0 Å². The number of aliphatic carboxylic acids is 1. The van der Waals surface area contributed by atoms with Crippen molar-refractivity contribution >= 4 is 46.4 Å². The highest BCUT2D eigenvalue weighted by atomic mass is 16.5. The van der Waals surface area contributed by atoms with Crippen molar-refractivity contribution in [1.29, 1.82) is 0 Å². The number of methoxy groups -OCH3 is 4. The zero-order valence-corrected chi connectivity index (χ0v) is 51.2. The van der Waals surface area contributed by atoms with Gasteiger partial charge in [0.05, 0.1) is 47.4 Å². The molecule has 2 amide bonds. The van der Waals surface area contributed by atoms with E-state index in [1.807, 2.05) is 147 Å². The Morgan fingerprint density at radius 2 is 0.791 bits per heavy atom. The second-order valence-corrected chi connectivity index (χ2v) is 20.4. The molecule has 3 heterocycles. The zero-order chi connectivity index (χ0) is 62.8. The number of benzene rings is 5. The van der Waals surface area contributed by atoms with Gasteiger partial charge >= 0.3 is 5.97 Å². The number of allylic oxidation sites excluding steroid dienone is 4. The molecule has 0 saturated heterocycles. The summed E-state index contributed by atoms with van der Waals surface area (Å²) in [6.07, 6.45) is 17.8. The van der Waals surface area contributed by atoms with E-state index in [1.54, 1.807) is 86.8 Å². The highest BCUT2D eigenvalue weighted by molar-refractivity contribution is 6.24. The van der Waals surface area contributed by atoms with Crippen molar-refractivity contribution < 1.29 is 48.0 Å². The predicted octanol–water partition coefficient (Wildman–Crippen LogP) is 11.9. The van der Waals surface area contributed by atoms with Gasteiger partial charge in [-0.3, -0.25) is 24.0 Å². The number of carboxylic acids is 1. The number of carboxylic acid groups (broad SMARTS) is 1. The summed E-state index contributed by atoms with van der Waals surface area (Å²) >= 11 is 0. The third-order valence-electron chi connectivity index (χ3n) is 15.1. The molecule has 8 aromatic rings. The molecule has 19 nitrogen and oxygen atoms in total. The van der Waals surface area contributed by atoms with Crippen LogP contribution in [0.4, 0.5) is 17.1 Å². The van der Waals surface area contributed by atoms with Crippen molar-refractivity contribution in [3.05, 3.63) is 196 Å². The zero-order valence-electron chi connectivity index (χ0n) is 51.2. The van der Waals surface area contributed by atoms with Crippen LogP contribution in [0.5, 0.6) is 23.0 Å². The normalized spacial score (nSPS) is 11.8. The highest BCUT2D eigenvalue weighted by Gasteiger charge is 2.28. The van der Waals surface area contributed by atoms with Gasteiger partial charge in [-0.1, -0.05) is 0 Å². The van der Waals surface area contributed by atoms with Crippen molar-refractivity contribution in [2.75, 3.05) is 44.8 Å². The van der Waals surface area contributed by atoms with Gasteiger partial charge in [0.1, 0.15) is 23.0 Å². The fraction of sp³-hybridized carbons (Fsp3) is 0.284. The highest BCUT2D eigenvalue weighted by Crippen LogP contribution is 2.40. The monoisotopic (exact) mass is 1170 g/mol. The van der Waals surface area contributed by atoms with Crippen molar-refractivity contribution in [2.45, 2.75) is 101 Å². The number of ketones is 2. The summed E-state index contributed by atoms with van der Waals surface area (Å²) in [7, 11) is 6.57. The number of nitrogens with one attached hydrogen (secondary N) is 2. The molecule has 0 saturated carbocycles. The maximum Gasteiger partial charge on any atom is 0.303 e. The molecule has 9 rings (SSSR count). The summed E-state index contributed by atoms with van der Waals surface area (Å²) in [5.41, 5.74) is 20.7. The van der Waals surface area contributed by atoms with Gasteiger partial charge in [0.15, 0.2) is 11.6 Å². The lowest BCUT2D eigenvalue weighted by molar-refractivity contribution is -0.137. The molecule has 5 aromatic carbocycles. The van der Waals surface area contributed by atoms with Gasteiger partial charge in [0.2, 0.25) is 11.8 Å². The molecule has 450 valence electrons. The largest absolute Gasteiger partial charge is 0.496 e. The van der Waals surface area contributed by atoms with Crippen LogP contribution in [0.1, 0.15) is 91.0 Å². The summed E-state index contributed by atoms with van der Waals surface area (Å²) < 4.78 is 27.7. The second kappa shape index (κ2) is 30.5. The molecule has 0 unspecified atom stereocenters. The van der Waals surface area contributed by atoms with Crippen LogP contribution in [0.15, 0.2) is 151 Å². The minimum absolute atomic E-state index is 0.0426. The third-order valence-corrected chi connectivity index (χ3v) is 15.1. The first-order valence-electron chi connectivity index (χ1n) is 27.8. The summed E-state index contributed by atoms with van der Waals surface area (Å²) in [6, 6.07) is 22.7. The van der Waals surface area contributed by atoms with Crippen LogP contribution in [-0.2, 0) is 36.8 Å². The van der Waals surface area contributed by atoms with Gasteiger partial charge in [-0.25, -0.2) is 15.0 Å². The van der Waals surface area contributed by atoms with Gasteiger partial charge in [0, 0.05) is 124 Å². The molecule has 0 atom stereocenters. The van der Waals surface area contributed by atoms with E-state index in [9.17, 15) is 24.0 Å². The molecule has 0 fully saturated rings. The first-order valence-corrected chi connectivity index (χ1v) is 27.8. The molecule has 5 N–H and O–H groups in total. The number of nitrogen functional groups attached to an aromatic ring is 1. The number of aromatic nitrogens is 6. The molecule has 19 heteroatoms. The molecule has 0 aliphatic heterocycles. The molecule has 0 bridgehead atoms. The fourth-order valence-electron chi connectivity index (χ4n) is 10.0. The first kappa shape index (κ1) is 65.1. The number of anilines is 3. The molecule has 3 aromatic heterocycles. The number of nitrogens with two attached hydrogens (primary N) is 1. The summed E-state index contributed by atoms with van der Waals surface area (Å²) in [4.78, 5) is 72.1. The Morgan fingerprint density at radius 3 is 1.14 bits per heavy atom.